The van der Waals surface area contributed by atoms with Gasteiger partial charge in [0.2, 0.25) is 5.91 Å². The smallest absolute Gasteiger partial charge is 0.227 e. The Hall–Kier alpha value is -2.61. The van der Waals surface area contributed by atoms with Crippen LogP contribution in [0.25, 0.3) is 10.8 Å². The normalized spacial score (nSPS) is 13.8. The van der Waals surface area contributed by atoms with Gasteiger partial charge in [-0.2, -0.15) is 0 Å². The van der Waals surface area contributed by atoms with Gasteiger partial charge in [0.25, 0.3) is 0 Å². The van der Waals surface area contributed by atoms with Crippen molar-refractivity contribution in [1.29, 1.82) is 0 Å². The van der Waals surface area contributed by atoms with Gasteiger partial charge in [0.1, 0.15) is 0 Å². The third-order valence-electron chi connectivity index (χ3n) is 4.73. The van der Waals surface area contributed by atoms with Crippen LogP contribution in [0.1, 0.15) is 24.0 Å². The van der Waals surface area contributed by atoms with E-state index >= 15 is 0 Å². The molecule has 2 nitrogen and oxygen atoms in total. The van der Waals surface area contributed by atoms with Crippen LogP contribution in [-0.4, -0.2) is 16.8 Å². The fraction of sp³-hybridized carbons (Fsp3) is 0.227. The molecule has 1 aliphatic carbocycles. The first-order valence-corrected chi connectivity index (χ1v) is 8.61. The van der Waals surface area contributed by atoms with Crippen LogP contribution in [0.5, 0.6) is 0 Å². The lowest BCUT2D eigenvalue weighted by Gasteiger charge is -2.23. The van der Waals surface area contributed by atoms with Gasteiger partial charge in [0, 0.05) is 12.6 Å². The van der Waals surface area contributed by atoms with Crippen molar-refractivity contribution in [2.24, 2.45) is 0 Å². The molecule has 3 aromatic carbocycles. The largest absolute Gasteiger partial charge is 0.335 e. The van der Waals surface area contributed by atoms with Gasteiger partial charge in [-0.1, -0.05) is 72.8 Å². The first kappa shape index (κ1) is 14.9. The summed E-state index contributed by atoms with van der Waals surface area (Å²) < 4.78 is 0. The molecule has 1 saturated carbocycles. The van der Waals surface area contributed by atoms with E-state index in [1.54, 1.807) is 0 Å². The maximum atomic E-state index is 13.0. The summed E-state index contributed by atoms with van der Waals surface area (Å²) in [5.74, 6) is 0.234. The summed E-state index contributed by atoms with van der Waals surface area (Å²) in [5, 5.41) is 2.38. The molecule has 2 heteroatoms. The molecule has 1 fully saturated rings. The first-order chi connectivity index (χ1) is 11.8. The summed E-state index contributed by atoms with van der Waals surface area (Å²) in [6.07, 6.45) is 2.74. The van der Waals surface area contributed by atoms with Gasteiger partial charge in [-0.3, -0.25) is 4.79 Å². The average molecular weight is 315 g/mol. The highest BCUT2D eigenvalue weighted by atomic mass is 16.2. The molecule has 1 aliphatic rings. The van der Waals surface area contributed by atoms with E-state index in [1.165, 1.54) is 16.3 Å². The van der Waals surface area contributed by atoms with Gasteiger partial charge in [-0.25, -0.2) is 0 Å². The molecule has 0 aromatic heterocycles. The van der Waals surface area contributed by atoms with Gasteiger partial charge in [0.05, 0.1) is 6.42 Å². The van der Waals surface area contributed by atoms with Gasteiger partial charge in [0.15, 0.2) is 0 Å². The number of carbonyl (C=O) groups excluding carboxylic acids is 1. The molecule has 0 bridgehead atoms. The fourth-order valence-electron chi connectivity index (χ4n) is 3.30. The maximum Gasteiger partial charge on any atom is 0.227 e. The van der Waals surface area contributed by atoms with E-state index in [4.69, 9.17) is 0 Å². The van der Waals surface area contributed by atoms with Crippen LogP contribution in [0.3, 0.4) is 0 Å². The Kier molecular flexibility index (Phi) is 4.04. The summed E-state index contributed by atoms with van der Waals surface area (Å²) in [7, 11) is 0. The molecule has 4 rings (SSSR count). The highest BCUT2D eigenvalue weighted by Gasteiger charge is 2.32. The summed E-state index contributed by atoms with van der Waals surface area (Å²) in [4.78, 5) is 15.0. The third kappa shape index (κ3) is 3.18. The molecule has 0 atom stereocenters. The van der Waals surface area contributed by atoms with E-state index in [9.17, 15) is 4.79 Å². The van der Waals surface area contributed by atoms with Crippen molar-refractivity contribution in [2.75, 3.05) is 0 Å². The van der Waals surface area contributed by atoms with Crippen molar-refractivity contribution < 1.29 is 4.79 Å². The molecular weight excluding hydrogens is 294 g/mol. The van der Waals surface area contributed by atoms with Crippen LogP contribution in [0.4, 0.5) is 0 Å². The van der Waals surface area contributed by atoms with Crippen molar-refractivity contribution in [3.8, 4) is 0 Å². The van der Waals surface area contributed by atoms with Crippen LogP contribution in [0.2, 0.25) is 0 Å². The van der Waals surface area contributed by atoms with Gasteiger partial charge >= 0.3 is 0 Å². The van der Waals surface area contributed by atoms with E-state index in [0.717, 1.165) is 24.9 Å². The molecule has 0 unspecified atom stereocenters. The zero-order valence-corrected chi connectivity index (χ0v) is 13.7. The van der Waals surface area contributed by atoms with Crippen molar-refractivity contribution in [2.45, 2.75) is 31.8 Å². The van der Waals surface area contributed by atoms with Crippen LogP contribution >= 0.6 is 0 Å². The van der Waals surface area contributed by atoms with Gasteiger partial charge in [-0.15, -0.1) is 0 Å². The Balaban J connectivity index is 1.57. The summed E-state index contributed by atoms with van der Waals surface area (Å²) in [6.45, 7) is 0.717. The molecule has 3 aromatic rings. The molecule has 120 valence electrons. The molecule has 1 amide bonds. The Bertz CT molecular complexity index is 847. The van der Waals surface area contributed by atoms with Crippen molar-refractivity contribution in [3.05, 3.63) is 83.9 Å². The van der Waals surface area contributed by atoms with Gasteiger partial charge < -0.3 is 4.90 Å². The Morgan fingerprint density at radius 2 is 1.58 bits per heavy atom. The maximum absolute atomic E-state index is 13.0. The minimum atomic E-state index is 0.234. The number of nitrogens with zero attached hydrogens (tertiary/aromatic N) is 1. The number of fused-ring (bicyclic) bond motifs is 1. The van der Waals surface area contributed by atoms with Crippen LogP contribution < -0.4 is 0 Å². The SMILES string of the molecule is O=C(Cc1cccc2ccccc12)N(Cc1ccccc1)C1CC1. The Labute approximate surface area is 142 Å². The Morgan fingerprint density at radius 3 is 2.38 bits per heavy atom. The Morgan fingerprint density at radius 1 is 0.875 bits per heavy atom. The molecule has 0 heterocycles. The minimum Gasteiger partial charge on any atom is -0.335 e. The lowest BCUT2D eigenvalue weighted by Crippen LogP contribution is -2.33. The topological polar surface area (TPSA) is 20.3 Å². The highest BCUT2D eigenvalue weighted by Crippen LogP contribution is 2.29. The highest BCUT2D eigenvalue weighted by molar-refractivity contribution is 5.90. The second-order valence-corrected chi connectivity index (χ2v) is 6.55. The van der Waals surface area contributed by atoms with Crippen molar-refractivity contribution in [1.82, 2.24) is 4.90 Å². The average Bonchev–Trinajstić information content (AvgIpc) is 3.46. The van der Waals surface area contributed by atoms with Crippen LogP contribution in [-0.2, 0) is 17.8 Å². The van der Waals surface area contributed by atoms with Gasteiger partial charge in [-0.05, 0) is 34.7 Å². The monoisotopic (exact) mass is 315 g/mol. The first-order valence-electron chi connectivity index (χ1n) is 8.61. The second kappa shape index (κ2) is 6.48. The lowest BCUT2D eigenvalue weighted by atomic mass is 10.0. The number of hydrogen-bond acceptors (Lipinski definition) is 1. The number of benzene rings is 3. The summed E-state index contributed by atoms with van der Waals surface area (Å²) >= 11 is 0. The van der Waals surface area contributed by atoms with E-state index in [1.807, 2.05) is 36.4 Å². The molecule has 24 heavy (non-hydrogen) atoms. The zero-order chi connectivity index (χ0) is 16.4. The van der Waals surface area contributed by atoms with E-state index in [-0.39, 0.29) is 5.91 Å². The predicted molar refractivity (Wildman–Crippen MR) is 97.7 cm³/mol. The zero-order valence-electron chi connectivity index (χ0n) is 13.7. The number of amides is 1. The van der Waals surface area contributed by atoms with E-state index in [2.05, 4.69) is 41.3 Å². The number of hydrogen-bond donors (Lipinski definition) is 0. The molecule has 0 aliphatic heterocycles. The van der Waals surface area contributed by atoms with Crippen molar-refractivity contribution >= 4 is 16.7 Å². The van der Waals surface area contributed by atoms with Crippen molar-refractivity contribution in [3.63, 3.8) is 0 Å². The quantitative estimate of drug-likeness (QED) is 0.675. The molecule has 0 N–H and O–H groups in total. The molecular formula is C22H21NO. The predicted octanol–water partition coefficient (Wildman–Crippen LogP) is 4.57. The van der Waals surface area contributed by atoms with Crippen LogP contribution in [0, 0.1) is 0 Å². The fourth-order valence-corrected chi connectivity index (χ4v) is 3.30. The summed E-state index contributed by atoms with van der Waals surface area (Å²) in [6, 6.07) is 25.2. The number of rotatable bonds is 5. The molecule has 0 saturated heterocycles. The minimum absolute atomic E-state index is 0.234. The van der Waals surface area contributed by atoms with E-state index in [0.29, 0.717) is 12.5 Å². The molecule has 0 radical (unpaired) electrons. The lowest BCUT2D eigenvalue weighted by molar-refractivity contribution is -0.131. The second-order valence-electron chi connectivity index (χ2n) is 6.55. The molecule has 0 spiro atoms. The standard InChI is InChI=1S/C22H21NO/c24-22(15-19-11-6-10-18-9-4-5-12-21(18)19)23(20-13-14-20)16-17-7-2-1-3-8-17/h1-12,20H,13-16H2. The number of carbonyl (C=O) groups is 1. The van der Waals surface area contributed by atoms with E-state index < -0.39 is 0 Å². The summed E-state index contributed by atoms with van der Waals surface area (Å²) in [5.41, 5.74) is 2.33. The third-order valence-corrected chi connectivity index (χ3v) is 4.73. The van der Waals surface area contributed by atoms with Crippen LogP contribution in [0.15, 0.2) is 72.8 Å².